The quantitative estimate of drug-likeness (QED) is 0.565. The molecule has 0 radical (unpaired) electrons. The lowest BCUT2D eigenvalue weighted by atomic mass is 10.2. The van der Waals surface area contributed by atoms with Gasteiger partial charge in [-0.25, -0.2) is 0 Å². The summed E-state index contributed by atoms with van der Waals surface area (Å²) < 4.78 is 0. The van der Waals surface area contributed by atoms with Crippen molar-refractivity contribution in [3.8, 4) is 11.5 Å². The van der Waals surface area contributed by atoms with Gasteiger partial charge in [0.1, 0.15) is 0 Å². The van der Waals surface area contributed by atoms with E-state index in [2.05, 4.69) is 5.32 Å². The largest absolute Gasteiger partial charge is 0.504 e. The minimum absolute atomic E-state index is 0.164. The van der Waals surface area contributed by atoms with E-state index >= 15 is 0 Å². The van der Waals surface area contributed by atoms with E-state index < -0.39 is 12.0 Å². The zero-order valence-electron chi connectivity index (χ0n) is 8.97. The lowest BCUT2D eigenvalue weighted by Gasteiger charge is -2.09. The topological polar surface area (TPSA) is 89.8 Å². The van der Waals surface area contributed by atoms with Crippen molar-refractivity contribution in [1.82, 2.24) is 5.32 Å². The third-order valence-corrected chi connectivity index (χ3v) is 2.21. The number of rotatable bonds is 4. The molecule has 1 atom stereocenters. The summed E-state index contributed by atoms with van der Waals surface area (Å²) in [4.78, 5) is 11.5. The second-order valence-corrected chi connectivity index (χ2v) is 3.48. The van der Waals surface area contributed by atoms with Gasteiger partial charge in [0, 0.05) is 12.1 Å². The van der Waals surface area contributed by atoms with Crippen molar-refractivity contribution < 1.29 is 20.1 Å². The van der Waals surface area contributed by atoms with Gasteiger partial charge < -0.3 is 20.6 Å². The van der Waals surface area contributed by atoms with Gasteiger partial charge in [0.2, 0.25) is 0 Å². The van der Waals surface area contributed by atoms with Crippen LogP contribution in [0, 0.1) is 0 Å². The Morgan fingerprint density at radius 3 is 2.62 bits per heavy atom. The molecule has 1 rings (SSSR count). The average Bonchev–Trinajstić information content (AvgIpc) is 2.29. The summed E-state index contributed by atoms with van der Waals surface area (Å²) >= 11 is 0. The van der Waals surface area contributed by atoms with Gasteiger partial charge in [-0.2, -0.15) is 0 Å². The highest BCUT2D eigenvalue weighted by atomic mass is 16.3. The Balaban J connectivity index is 2.63. The summed E-state index contributed by atoms with van der Waals surface area (Å²) in [5.41, 5.74) is 0.235. The molecule has 1 amide bonds. The Bertz CT molecular complexity index is 378. The van der Waals surface area contributed by atoms with Crippen LogP contribution in [0.3, 0.4) is 0 Å². The van der Waals surface area contributed by atoms with Gasteiger partial charge in [-0.3, -0.25) is 4.79 Å². The number of benzene rings is 1. The predicted octanol–water partition coefficient (Wildman–Crippen LogP) is 0.599. The smallest absolute Gasteiger partial charge is 0.251 e. The SMILES string of the molecule is CCC(O)CNC(=O)c1ccc(O)c(O)c1. The first-order valence-corrected chi connectivity index (χ1v) is 5.02. The number of aliphatic hydroxyl groups excluding tert-OH is 1. The molecule has 1 unspecified atom stereocenters. The fraction of sp³-hybridized carbons (Fsp3) is 0.364. The van der Waals surface area contributed by atoms with E-state index in [9.17, 15) is 15.0 Å². The first kappa shape index (κ1) is 12.3. The highest BCUT2D eigenvalue weighted by Crippen LogP contribution is 2.24. The lowest BCUT2D eigenvalue weighted by molar-refractivity contribution is 0.0913. The summed E-state index contributed by atoms with van der Waals surface area (Å²) in [7, 11) is 0. The second-order valence-electron chi connectivity index (χ2n) is 3.48. The maximum absolute atomic E-state index is 11.5. The van der Waals surface area contributed by atoms with Gasteiger partial charge in [0.15, 0.2) is 11.5 Å². The molecule has 1 aromatic carbocycles. The van der Waals surface area contributed by atoms with Crippen LogP contribution in [0.15, 0.2) is 18.2 Å². The third kappa shape index (κ3) is 3.13. The minimum atomic E-state index is -0.574. The van der Waals surface area contributed by atoms with Crippen molar-refractivity contribution in [3.05, 3.63) is 23.8 Å². The van der Waals surface area contributed by atoms with E-state index in [1.165, 1.54) is 18.2 Å². The first-order valence-electron chi connectivity index (χ1n) is 5.02. The molecule has 0 aliphatic heterocycles. The molecule has 0 saturated carbocycles. The molecule has 0 aliphatic carbocycles. The fourth-order valence-electron chi connectivity index (χ4n) is 1.12. The van der Waals surface area contributed by atoms with Crippen LogP contribution in [0.5, 0.6) is 11.5 Å². The Morgan fingerprint density at radius 1 is 1.38 bits per heavy atom. The van der Waals surface area contributed by atoms with Crippen molar-refractivity contribution in [2.24, 2.45) is 0 Å². The molecule has 0 aromatic heterocycles. The minimum Gasteiger partial charge on any atom is -0.504 e. The number of nitrogens with one attached hydrogen (secondary N) is 1. The number of carbonyl (C=O) groups is 1. The number of hydrogen-bond acceptors (Lipinski definition) is 4. The van der Waals surface area contributed by atoms with E-state index in [0.29, 0.717) is 6.42 Å². The summed E-state index contributed by atoms with van der Waals surface area (Å²) in [6, 6.07) is 3.80. The van der Waals surface area contributed by atoms with Crippen LogP contribution >= 0.6 is 0 Å². The molecule has 5 heteroatoms. The van der Waals surface area contributed by atoms with Crippen LogP contribution in [-0.2, 0) is 0 Å². The highest BCUT2D eigenvalue weighted by molar-refractivity contribution is 5.94. The molecule has 1 aromatic rings. The van der Waals surface area contributed by atoms with Crippen molar-refractivity contribution >= 4 is 5.91 Å². The lowest BCUT2D eigenvalue weighted by Crippen LogP contribution is -2.31. The van der Waals surface area contributed by atoms with Crippen LogP contribution in [0.1, 0.15) is 23.7 Å². The normalized spacial score (nSPS) is 12.1. The van der Waals surface area contributed by atoms with E-state index in [1.807, 2.05) is 6.92 Å². The van der Waals surface area contributed by atoms with Gasteiger partial charge in [0.25, 0.3) is 5.91 Å². The number of phenols is 2. The molecular weight excluding hydrogens is 210 g/mol. The van der Waals surface area contributed by atoms with E-state index in [4.69, 9.17) is 5.11 Å². The second kappa shape index (κ2) is 5.37. The Kier molecular flexibility index (Phi) is 4.13. The van der Waals surface area contributed by atoms with Crippen molar-refractivity contribution in [2.45, 2.75) is 19.4 Å². The van der Waals surface area contributed by atoms with Gasteiger partial charge in [0.05, 0.1) is 6.10 Å². The number of aromatic hydroxyl groups is 2. The maximum atomic E-state index is 11.5. The molecular formula is C11H15NO4. The Morgan fingerprint density at radius 2 is 2.06 bits per heavy atom. The van der Waals surface area contributed by atoms with Gasteiger partial charge in [-0.05, 0) is 24.6 Å². The highest BCUT2D eigenvalue weighted by Gasteiger charge is 2.09. The van der Waals surface area contributed by atoms with Crippen LogP contribution < -0.4 is 5.32 Å². The standard InChI is InChI=1S/C11H15NO4/c1-2-8(13)6-12-11(16)7-3-4-9(14)10(15)5-7/h3-5,8,13-15H,2,6H2,1H3,(H,12,16). The van der Waals surface area contributed by atoms with Crippen molar-refractivity contribution in [1.29, 1.82) is 0 Å². The molecule has 88 valence electrons. The average molecular weight is 225 g/mol. The number of amides is 1. The summed E-state index contributed by atoms with van der Waals surface area (Å²) in [6.07, 6.45) is -0.0177. The summed E-state index contributed by atoms with van der Waals surface area (Å²) in [5, 5.41) is 30.0. The first-order chi connectivity index (χ1) is 7.54. The van der Waals surface area contributed by atoms with Gasteiger partial charge in [-0.1, -0.05) is 6.92 Å². The van der Waals surface area contributed by atoms with Crippen LogP contribution in [-0.4, -0.2) is 33.9 Å². The number of aliphatic hydroxyl groups is 1. The van der Waals surface area contributed by atoms with E-state index in [-0.39, 0.29) is 23.6 Å². The number of hydrogen-bond donors (Lipinski definition) is 4. The Hall–Kier alpha value is -1.75. The van der Waals surface area contributed by atoms with Gasteiger partial charge in [-0.15, -0.1) is 0 Å². The fourth-order valence-corrected chi connectivity index (χ4v) is 1.12. The third-order valence-electron chi connectivity index (χ3n) is 2.21. The van der Waals surface area contributed by atoms with Crippen molar-refractivity contribution in [2.75, 3.05) is 6.54 Å². The number of carbonyl (C=O) groups excluding carboxylic acids is 1. The molecule has 0 fully saturated rings. The molecule has 4 N–H and O–H groups in total. The molecule has 5 nitrogen and oxygen atoms in total. The van der Waals surface area contributed by atoms with Crippen LogP contribution in [0.4, 0.5) is 0 Å². The molecule has 0 bridgehead atoms. The zero-order valence-corrected chi connectivity index (χ0v) is 8.97. The molecule has 0 aliphatic rings. The van der Waals surface area contributed by atoms with Crippen molar-refractivity contribution in [3.63, 3.8) is 0 Å². The van der Waals surface area contributed by atoms with E-state index in [1.54, 1.807) is 0 Å². The van der Waals surface area contributed by atoms with Crippen LogP contribution in [0.25, 0.3) is 0 Å². The van der Waals surface area contributed by atoms with Crippen LogP contribution in [0.2, 0.25) is 0 Å². The molecule has 0 heterocycles. The number of phenolic OH excluding ortho intramolecular Hbond substituents is 2. The monoisotopic (exact) mass is 225 g/mol. The molecule has 0 spiro atoms. The van der Waals surface area contributed by atoms with Gasteiger partial charge >= 0.3 is 0 Å². The molecule has 16 heavy (non-hydrogen) atoms. The summed E-state index contributed by atoms with van der Waals surface area (Å²) in [6.45, 7) is 1.97. The Labute approximate surface area is 93.4 Å². The molecule has 0 saturated heterocycles. The predicted molar refractivity (Wildman–Crippen MR) is 58.4 cm³/mol. The maximum Gasteiger partial charge on any atom is 0.251 e. The zero-order chi connectivity index (χ0) is 12.1. The summed E-state index contributed by atoms with van der Waals surface area (Å²) in [5.74, 6) is -1.02. The van der Waals surface area contributed by atoms with E-state index in [0.717, 1.165) is 0 Å².